The van der Waals surface area contributed by atoms with E-state index in [0.29, 0.717) is 40.8 Å². The van der Waals surface area contributed by atoms with E-state index in [-0.39, 0.29) is 12.6 Å². The highest BCUT2D eigenvalue weighted by Crippen LogP contribution is 2.42. The van der Waals surface area contributed by atoms with E-state index < -0.39 is 0 Å². The molecule has 0 atom stereocenters. The van der Waals surface area contributed by atoms with Crippen molar-refractivity contribution in [2.45, 2.75) is 6.61 Å². The van der Waals surface area contributed by atoms with Gasteiger partial charge < -0.3 is 23.7 Å². The first-order valence-corrected chi connectivity index (χ1v) is 10.8. The van der Waals surface area contributed by atoms with Crippen LogP contribution in [0.3, 0.4) is 0 Å². The number of benzene rings is 2. The van der Waals surface area contributed by atoms with Crippen LogP contribution in [0.5, 0.6) is 17.5 Å². The number of carbonyl (C=O) groups excluding carboxylic acids is 1. The SMILES string of the molecule is COc1cc2cc3c(c(-c4cnc(OCCN5CCOCC5)nc4)c2cc1OC)C(=O)OC3. The van der Waals surface area contributed by atoms with Crippen molar-refractivity contribution in [2.75, 3.05) is 53.7 Å². The van der Waals surface area contributed by atoms with E-state index >= 15 is 0 Å². The van der Waals surface area contributed by atoms with Gasteiger partial charge in [0.1, 0.15) is 13.2 Å². The second-order valence-electron chi connectivity index (χ2n) is 7.85. The van der Waals surface area contributed by atoms with Crippen LogP contribution < -0.4 is 14.2 Å². The van der Waals surface area contributed by atoms with Gasteiger partial charge in [0.05, 0.1) is 33.0 Å². The van der Waals surface area contributed by atoms with E-state index in [4.69, 9.17) is 23.7 Å². The average Bonchev–Trinajstić information content (AvgIpc) is 3.23. The van der Waals surface area contributed by atoms with Crippen molar-refractivity contribution in [3.63, 3.8) is 0 Å². The molecule has 5 rings (SSSR count). The lowest BCUT2D eigenvalue weighted by Crippen LogP contribution is -2.38. The van der Waals surface area contributed by atoms with Crippen molar-refractivity contribution in [3.05, 3.63) is 41.7 Å². The summed E-state index contributed by atoms with van der Waals surface area (Å²) in [6, 6.07) is 6.00. The van der Waals surface area contributed by atoms with Crippen molar-refractivity contribution >= 4 is 16.7 Å². The number of methoxy groups -OCH3 is 2. The number of rotatable bonds is 7. The van der Waals surface area contributed by atoms with E-state index in [1.165, 1.54) is 0 Å². The fourth-order valence-electron chi connectivity index (χ4n) is 4.26. The molecule has 0 amide bonds. The Kier molecular flexibility index (Phi) is 5.97. The van der Waals surface area contributed by atoms with Crippen molar-refractivity contribution in [2.24, 2.45) is 0 Å². The molecule has 3 heterocycles. The smallest absolute Gasteiger partial charge is 0.339 e. The van der Waals surface area contributed by atoms with E-state index in [1.54, 1.807) is 26.6 Å². The fourth-order valence-corrected chi connectivity index (χ4v) is 4.26. The van der Waals surface area contributed by atoms with Crippen molar-refractivity contribution in [3.8, 4) is 28.6 Å². The van der Waals surface area contributed by atoms with E-state index in [0.717, 1.165) is 49.2 Å². The van der Waals surface area contributed by atoms with Crippen LogP contribution in [0.15, 0.2) is 30.6 Å². The maximum Gasteiger partial charge on any atom is 0.339 e. The minimum absolute atomic E-state index is 0.231. The molecule has 9 heteroatoms. The third-order valence-corrected chi connectivity index (χ3v) is 5.95. The van der Waals surface area contributed by atoms with Gasteiger partial charge in [0.25, 0.3) is 0 Å². The van der Waals surface area contributed by atoms with Crippen LogP contribution in [0.25, 0.3) is 21.9 Å². The van der Waals surface area contributed by atoms with Crippen LogP contribution in [-0.4, -0.2) is 74.5 Å². The van der Waals surface area contributed by atoms with Gasteiger partial charge in [0.2, 0.25) is 0 Å². The molecule has 0 radical (unpaired) electrons. The first kappa shape index (κ1) is 21.4. The Hall–Kier alpha value is -3.43. The minimum atomic E-state index is -0.359. The molecule has 3 aromatic rings. The first-order chi connectivity index (χ1) is 16.2. The molecule has 2 aliphatic rings. The number of ether oxygens (including phenoxy) is 5. The molecule has 1 aromatic heterocycles. The van der Waals surface area contributed by atoms with Crippen molar-refractivity contribution < 1.29 is 28.5 Å². The number of aromatic nitrogens is 2. The van der Waals surface area contributed by atoms with Crippen LogP contribution in [0.1, 0.15) is 15.9 Å². The highest BCUT2D eigenvalue weighted by atomic mass is 16.5. The summed E-state index contributed by atoms with van der Waals surface area (Å²) in [5.74, 6) is 0.825. The largest absolute Gasteiger partial charge is 0.493 e. The number of cyclic esters (lactones) is 1. The molecule has 0 saturated carbocycles. The van der Waals surface area contributed by atoms with Crippen LogP contribution in [0.4, 0.5) is 0 Å². The standard InChI is InChI=1S/C24H25N3O6/c1-29-19-10-15-9-16-14-33-23(28)22(16)21(18(15)11-20(19)30-2)17-12-25-24(26-13-17)32-8-5-27-3-6-31-7-4-27/h9-13H,3-8,14H2,1-2H3. The van der Waals surface area contributed by atoms with Crippen molar-refractivity contribution in [1.82, 2.24) is 14.9 Å². The predicted molar refractivity (Wildman–Crippen MR) is 120 cm³/mol. The molecule has 0 N–H and O–H groups in total. The number of carbonyl (C=O) groups is 1. The van der Waals surface area contributed by atoms with Gasteiger partial charge in [0, 0.05) is 48.7 Å². The van der Waals surface area contributed by atoms with Crippen LogP contribution in [0.2, 0.25) is 0 Å². The van der Waals surface area contributed by atoms with E-state index in [1.807, 2.05) is 18.2 Å². The highest BCUT2D eigenvalue weighted by Gasteiger charge is 2.28. The molecule has 2 aromatic carbocycles. The van der Waals surface area contributed by atoms with E-state index in [9.17, 15) is 4.79 Å². The average molecular weight is 451 g/mol. The summed E-state index contributed by atoms with van der Waals surface area (Å²) in [7, 11) is 3.17. The molecule has 0 unspecified atom stereocenters. The number of hydrogen-bond donors (Lipinski definition) is 0. The van der Waals surface area contributed by atoms with Crippen LogP contribution in [0, 0.1) is 0 Å². The quantitative estimate of drug-likeness (QED) is 0.503. The zero-order chi connectivity index (χ0) is 22.8. The Balaban J connectivity index is 1.47. The number of morpholine rings is 1. The third kappa shape index (κ3) is 4.17. The molecule has 33 heavy (non-hydrogen) atoms. The number of esters is 1. The van der Waals surface area contributed by atoms with Gasteiger partial charge in [-0.3, -0.25) is 4.90 Å². The lowest BCUT2D eigenvalue weighted by atomic mass is 9.91. The number of hydrogen-bond acceptors (Lipinski definition) is 9. The Morgan fingerprint density at radius 2 is 1.73 bits per heavy atom. The van der Waals surface area contributed by atoms with E-state index in [2.05, 4.69) is 14.9 Å². The highest BCUT2D eigenvalue weighted by molar-refractivity contribution is 6.11. The van der Waals surface area contributed by atoms with Gasteiger partial charge in [-0.2, -0.15) is 0 Å². The molecular formula is C24H25N3O6. The molecule has 0 aliphatic carbocycles. The summed E-state index contributed by atoms with van der Waals surface area (Å²) in [5, 5.41) is 1.74. The summed E-state index contributed by atoms with van der Waals surface area (Å²) in [5.41, 5.74) is 2.76. The van der Waals surface area contributed by atoms with Crippen LogP contribution >= 0.6 is 0 Å². The zero-order valence-electron chi connectivity index (χ0n) is 18.6. The molecule has 0 bridgehead atoms. The lowest BCUT2D eigenvalue weighted by molar-refractivity contribution is 0.0317. The Morgan fingerprint density at radius 1 is 1.00 bits per heavy atom. The normalized spacial score (nSPS) is 15.9. The maximum atomic E-state index is 12.6. The predicted octanol–water partition coefficient (Wildman–Crippen LogP) is 2.70. The summed E-state index contributed by atoms with van der Waals surface area (Å²) >= 11 is 0. The van der Waals surface area contributed by atoms with Crippen LogP contribution in [-0.2, 0) is 16.1 Å². The Bertz CT molecular complexity index is 1180. The summed E-state index contributed by atoms with van der Waals surface area (Å²) in [6.07, 6.45) is 3.35. The van der Waals surface area contributed by atoms with Gasteiger partial charge in [-0.15, -0.1) is 0 Å². The molecule has 9 nitrogen and oxygen atoms in total. The van der Waals surface area contributed by atoms with Gasteiger partial charge in [-0.25, -0.2) is 14.8 Å². The molecular weight excluding hydrogens is 426 g/mol. The Morgan fingerprint density at radius 3 is 2.45 bits per heavy atom. The number of nitrogens with zero attached hydrogens (tertiary/aromatic N) is 3. The summed E-state index contributed by atoms with van der Waals surface area (Å²) in [6.45, 7) is 4.82. The second-order valence-corrected chi connectivity index (χ2v) is 7.85. The first-order valence-electron chi connectivity index (χ1n) is 10.8. The fraction of sp³-hybridized carbons (Fsp3) is 0.375. The Labute approximate surface area is 191 Å². The zero-order valence-corrected chi connectivity index (χ0v) is 18.6. The summed E-state index contributed by atoms with van der Waals surface area (Å²) < 4.78 is 27.4. The van der Waals surface area contributed by atoms with Gasteiger partial charge >= 0.3 is 12.0 Å². The molecule has 1 saturated heterocycles. The molecule has 2 aliphatic heterocycles. The molecule has 172 valence electrons. The maximum absolute atomic E-state index is 12.6. The number of fused-ring (bicyclic) bond motifs is 2. The molecule has 0 spiro atoms. The van der Waals surface area contributed by atoms with Gasteiger partial charge in [-0.05, 0) is 29.0 Å². The van der Waals surface area contributed by atoms with Gasteiger partial charge in [0.15, 0.2) is 11.5 Å². The van der Waals surface area contributed by atoms with Crippen molar-refractivity contribution in [1.29, 1.82) is 0 Å². The van der Waals surface area contributed by atoms with Gasteiger partial charge in [-0.1, -0.05) is 0 Å². The second kappa shape index (κ2) is 9.21. The monoisotopic (exact) mass is 451 g/mol. The minimum Gasteiger partial charge on any atom is -0.493 e. The summed E-state index contributed by atoms with van der Waals surface area (Å²) in [4.78, 5) is 23.6. The third-order valence-electron chi connectivity index (χ3n) is 5.95. The lowest BCUT2D eigenvalue weighted by Gasteiger charge is -2.26. The molecule has 1 fully saturated rings. The topological polar surface area (TPSA) is 92.2 Å².